The van der Waals surface area contributed by atoms with Crippen LogP contribution >= 0.6 is 15.9 Å². The number of aromatic nitrogens is 1. The minimum atomic E-state index is 0.627. The number of hydrogen-bond acceptors (Lipinski definition) is 4. The van der Waals surface area contributed by atoms with Crippen molar-refractivity contribution in [3.63, 3.8) is 0 Å². The van der Waals surface area contributed by atoms with Gasteiger partial charge in [-0.3, -0.25) is 0 Å². The van der Waals surface area contributed by atoms with Gasteiger partial charge in [0.05, 0.1) is 14.2 Å². The summed E-state index contributed by atoms with van der Waals surface area (Å²) in [5.41, 5.74) is 2.23. The van der Waals surface area contributed by atoms with Gasteiger partial charge in [0, 0.05) is 35.4 Å². The van der Waals surface area contributed by atoms with E-state index in [1.165, 1.54) is 0 Å². The van der Waals surface area contributed by atoms with Crippen molar-refractivity contribution in [1.29, 1.82) is 0 Å². The lowest BCUT2D eigenvalue weighted by Gasteiger charge is -2.10. The first-order valence-electron chi connectivity index (χ1n) is 6.25. The van der Waals surface area contributed by atoms with E-state index in [1.807, 2.05) is 30.5 Å². The lowest BCUT2D eigenvalue weighted by atomic mass is 10.2. The molecule has 4 nitrogen and oxygen atoms in total. The number of nitrogens with zero attached hydrogens (tertiary/aromatic N) is 1. The van der Waals surface area contributed by atoms with Crippen LogP contribution in [0.5, 0.6) is 11.6 Å². The molecule has 2 aromatic rings. The van der Waals surface area contributed by atoms with Gasteiger partial charge in [0.25, 0.3) is 0 Å². The van der Waals surface area contributed by atoms with Crippen LogP contribution in [0.4, 0.5) is 0 Å². The van der Waals surface area contributed by atoms with Crippen LogP contribution in [0.25, 0.3) is 0 Å². The smallest absolute Gasteiger partial charge is 0.212 e. The fourth-order valence-corrected chi connectivity index (χ4v) is 2.27. The number of pyridine rings is 1. The topological polar surface area (TPSA) is 43.4 Å². The molecule has 5 heteroatoms. The second-order valence-electron chi connectivity index (χ2n) is 4.27. The predicted molar refractivity (Wildman–Crippen MR) is 82.0 cm³/mol. The molecule has 0 amide bonds. The van der Waals surface area contributed by atoms with Crippen molar-refractivity contribution in [2.45, 2.75) is 13.1 Å². The molecule has 0 saturated carbocycles. The molecule has 0 aliphatic rings. The summed E-state index contributed by atoms with van der Waals surface area (Å²) in [6.07, 6.45) is 1.81. The molecular formula is C15H17BrN2O2. The third-order valence-corrected chi connectivity index (χ3v) is 3.39. The number of rotatable bonds is 6. The number of nitrogens with one attached hydrogen (secondary N) is 1. The van der Waals surface area contributed by atoms with Crippen LogP contribution in [0.15, 0.2) is 41.0 Å². The Balaban J connectivity index is 1.93. The summed E-state index contributed by atoms with van der Waals surface area (Å²) in [5.74, 6) is 1.51. The van der Waals surface area contributed by atoms with Gasteiger partial charge in [-0.05, 0) is 23.8 Å². The molecular weight excluding hydrogens is 320 g/mol. The molecule has 20 heavy (non-hydrogen) atoms. The van der Waals surface area contributed by atoms with Crippen LogP contribution in [0, 0.1) is 0 Å². The lowest BCUT2D eigenvalue weighted by Crippen LogP contribution is -2.13. The van der Waals surface area contributed by atoms with Crippen LogP contribution < -0.4 is 14.8 Å². The standard InChI is InChI=1S/C15H17BrN2O2/c1-19-14-5-4-13(16)7-12(14)10-17-8-11-3-6-15(20-2)18-9-11/h3-7,9,17H,8,10H2,1-2H3. The van der Waals surface area contributed by atoms with Crippen molar-refractivity contribution in [2.24, 2.45) is 0 Å². The van der Waals surface area contributed by atoms with E-state index in [0.29, 0.717) is 5.88 Å². The Bertz CT molecular complexity index is 558. The van der Waals surface area contributed by atoms with Crippen molar-refractivity contribution < 1.29 is 9.47 Å². The Morgan fingerprint density at radius 3 is 2.60 bits per heavy atom. The number of halogens is 1. The maximum atomic E-state index is 5.34. The molecule has 106 valence electrons. The molecule has 1 aromatic carbocycles. The van der Waals surface area contributed by atoms with Crippen LogP contribution in [-0.4, -0.2) is 19.2 Å². The molecule has 1 N–H and O–H groups in total. The summed E-state index contributed by atoms with van der Waals surface area (Å²) >= 11 is 3.47. The maximum Gasteiger partial charge on any atom is 0.212 e. The number of ether oxygens (including phenoxy) is 2. The van der Waals surface area contributed by atoms with Gasteiger partial charge in [-0.2, -0.15) is 0 Å². The summed E-state index contributed by atoms with van der Waals surface area (Å²) < 4.78 is 11.4. The van der Waals surface area contributed by atoms with E-state index in [2.05, 4.69) is 32.3 Å². The van der Waals surface area contributed by atoms with Gasteiger partial charge in [0.15, 0.2) is 0 Å². The number of benzene rings is 1. The fourth-order valence-electron chi connectivity index (χ4n) is 1.86. The van der Waals surface area contributed by atoms with Gasteiger partial charge < -0.3 is 14.8 Å². The average molecular weight is 337 g/mol. The van der Waals surface area contributed by atoms with Crippen molar-refractivity contribution in [1.82, 2.24) is 10.3 Å². The highest BCUT2D eigenvalue weighted by atomic mass is 79.9. The summed E-state index contributed by atoms with van der Waals surface area (Å²) in [7, 11) is 3.29. The van der Waals surface area contributed by atoms with Gasteiger partial charge in [-0.25, -0.2) is 4.98 Å². The van der Waals surface area contributed by atoms with E-state index in [-0.39, 0.29) is 0 Å². The van der Waals surface area contributed by atoms with Crippen molar-refractivity contribution >= 4 is 15.9 Å². The Morgan fingerprint density at radius 1 is 1.10 bits per heavy atom. The zero-order valence-electron chi connectivity index (χ0n) is 11.5. The van der Waals surface area contributed by atoms with Gasteiger partial charge in [0.1, 0.15) is 5.75 Å². The first-order valence-corrected chi connectivity index (χ1v) is 7.04. The maximum absolute atomic E-state index is 5.34. The van der Waals surface area contributed by atoms with Crippen LogP contribution in [0.1, 0.15) is 11.1 Å². The predicted octanol–water partition coefficient (Wildman–Crippen LogP) is 3.15. The minimum absolute atomic E-state index is 0.627. The minimum Gasteiger partial charge on any atom is -0.496 e. The van der Waals surface area contributed by atoms with E-state index in [1.54, 1.807) is 14.2 Å². The first-order chi connectivity index (χ1) is 9.72. The zero-order chi connectivity index (χ0) is 14.4. The SMILES string of the molecule is COc1ccc(CNCc2cc(Br)ccc2OC)cn1. The van der Waals surface area contributed by atoms with Crippen LogP contribution in [0.2, 0.25) is 0 Å². The summed E-state index contributed by atoms with van der Waals surface area (Å²) in [6, 6.07) is 9.83. The highest BCUT2D eigenvalue weighted by Gasteiger charge is 2.03. The zero-order valence-corrected chi connectivity index (χ0v) is 13.1. The normalized spacial score (nSPS) is 10.3. The molecule has 0 radical (unpaired) electrons. The van der Waals surface area contributed by atoms with Gasteiger partial charge >= 0.3 is 0 Å². The first kappa shape index (κ1) is 14.8. The Labute approximate surface area is 127 Å². The molecule has 2 rings (SSSR count). The molecule has 1 heterocycles. The summed E-state index contributed by atoms with van der Waals surface area (Å²) in [4.78, 5) is 4.18. The average Bonchev–Trinajstić information content (AvgIpc) is 2.48. The lowest BCUT2D eigenvalue weighted by molar-refractivity contribution is 0.397. The molecule has 0 fully saturated rings. The largest absolute Gasteiger partial charge is 0.496 e. The molecule has 0 bridgehead atoms. The Morgan fingerprint density at radius 2 is 1.95 bits per heavy atom. The number of hydrogen-bond donors (Lipinski definition) is 1. The van der Waals surface area contributed by atoms with Crippen molar-refractivity contribution in [2.75, 3.05) is 14.2 Å². The highest BCUT2D eigenvalue weighted by molar-refractivity contribution is 9.10. The second-order valence-corrected chi connectivity index (χ2v) is 5.18. The molecule has 1 aromatic heterocycles. The fraction of sp³-hybridized carbons (Fsp3) is 0.267. The third-order valence-electron chi connectivity index (χ3n) is 2.89. The Hall–Kier alpha value is -1.59. The summed E-state index contributed by atoms with van der Waals surface area (Å²) in [6.45, 7) is 1.47. The van der Waals surface area contributed by atoms with Crippen LogP contribution in [0.3, 0.4) is 0 Å². The van der Waals surface area contributed by atoms with E-state index >= 15 is 0 Å². The quantitative estimate of drug-likeness (QED) is 0.879. The molecule has 0 unspecified atom stereocenters. The van der Waals surface area contributed by atoms with E-state index in [4.69, 9.17) is 9.47 Å². The van der Waals surface area contributed by atoms with Gasteiger partial charge in [-0.15, -0.1) is 0 Å². The summed E-state index contributed by atoms with van der Waals surface area (Å²) in [5, 5.41) is 3.38. The molecule has 0 atom stereocenters. The number of methoxy groups -OCH3 is 2. The monoisotopic (exact) mass is 336 g/mol. The Kier molecular flexibility index (Phi) is 5.38. The van der Waals surface area contributed by atoms with E-state index in [9.17, 15) is 0 Å². The molecule has 0 spiro atoms. The van der Waals surface area contributed by atoms with E-state index in [0.717, 1.165) is 34.4 Å². The third kappa shape index (κ3) is 3.95. The molecule has 0 aliphatic carbocycles. The molecule has 0 saturated heterocycles. The van der Waals surface area contributed by atoms with Gasteiger partial charge in [0.2, 0.25) is 5.88 Å². The van der Waals surface area contributed by atoms with Gasteiger partial charge in [-0.1, -0.05) is 22.0 Å². The van der Waals surface area contributed by atoms with Crippen molar-refractivity contribution in [3.05, 3.63) is 52.1 Å². The van der Waals surface area contributed by atoms with Crippen LogP contribution in [-0.2, 0) is 13.1 Å². The van der Waals surface area contributed by atoms with Crippen molar-refractivity contribution in [3.8, 4) is 11.6 Å². The second kappa shape index (κ2) is 7.26. The highest BCUT2D eigenvalue weighted by Crippen LogP contribution is 2.22. The van der Waals surface area contributed by atoms with E-state index < -0.39 is 0 Å². The molecule has 0 aliphatic heterocycles.